The zero-order valence-corrected chi connectivity index (χ0v) is 18.5. The Hall–Kier alpha value is -2.32. The lowest BCUT2D eigenvalue weighted by molar-refractivity contribution is -0.148. The first-order chi connectivity index (χ1) is 13.3. The van der Waals surface area contributed by atoms with Crippen LogP contribution < -0.4 is 0 Å². The van der Waals surface area contributed by atoms with Gasteiger partial charge in [-0.1, -0.05) is 66.4 Å². The first kappa shape index (κ1) is 23.7. The fraction of sp³-hybridized carbons (Fsp3) is 0.391. The number of carbonyl (C=O) groups excluding carboxylic acids is 2. The van der Waals surface area contributed by atoms with E-state index in [0.29, 0.717) is 12.0 Å². The molecule has 150 valence electrons. The summed E-state index contributed by atoms with van der Waals surface area (Å²) in [6.45, 7) is 10.1. The molecule has 0 spiro atoms. The molecule has 28 heavy (non-hydrogen) atoms. The van der Waals surface area contributed by atoms with Crippen LogP contribution in [0.3, 0.4) is 0 Å². The molecular formula is C23H30O4P+. The number of hydrogen-bond donors (Lipinski definition) is 0. The number of ether oxygens (including phenoxy) is 1. The molecule has 0 aliphatic rings. The number of hydrogen-bond acceptors (Lipinski definition) is 4. The fourth-order valence-corrected chi connectivity index (χ4v) is 3.35. The number of Topliss-reactive ketones (excluding diaryl/α,β-unsaturated/α-hetero) is 1. The Labute approximate surface area is 169 Å². The summed E-state index contributed by atoms with van der Waals surface area (Å²) in [5.41, 5.74) is 4.51. The van der Waals surface area contributed by atoms with Crippen LogP contribution in [-0.2, 0) is 20.7 Å². The third kappa shape index (κ3) is 6.69. The van der Waals surface area contributed by atoms with Gasteiger partial charge in [-0.25, -0.2) is 0 Å². The van der Waals surface area contributed by atoms with Crippen molar-refractivity contribution in [3.63, 3.8) is 0 Å². The summed E-state index contributed by atoms with van der Waals surface area (Å²) in [6.07, 6.45) is 0.485. The highest BCUT2D eigenvalue weighted by atomic mass is 31.0. The molecule has 2 aromatic rings. The molecule has 2 aromatic carbocycles. The summed E-state index contributed by atoms with van der Waals surface area (Å²) < 4.78 is 13.6. The number of esters is 1. The van der Waals surface area contributed by atoms with Crippen molar-refractivity contribution >= 4 is 20.9 Å². The van der Waals surface area contributed by atoms with Crippen molar-refractivity contribution in [2.24, 2.45) is 11.8 Å². The fourth-order valence-electron chi connectivity index (χ4n) is 3.35. The molecule has 2 atom stereocenters. The van der Waals surface area contributed by atoms with E-state index in [9.17, 15) is 9.59 Å². The van der Waals surface area contributed by atoms with Gasteiger partial charge in [0.25, 0.3) is 0 Å². The molecule has 0 N–H and O–H groups in total. The largest absolute Gasteiger partial charge is 0.460 e. The van der Waals surface area contributed by atoms with Crippen LogP contribution in [0.2, 0.25) is 0 Å². The number of ketones is 1. The van der Waals surface area contributed by atoms with Gasteiger partial charge in [0.1, 0.15) is 12.5 Å². The molecule has 0 radical (unpaired) electrons. The van der Waals surface area contributed by atoms with Crippen molar-refractivity contribution in [2.75, 3.05) is 0 Å². The summed E-state index contributed by atoms with van der Waals surface area (Å²) in [5.74, 6) is -1.11. The van der Waals surface area contributed by atoms with Crippen molar-refractivity contribution < 1.29 is 18.9 Å². The molecule has 0 amide bonds. The van der Waals surface area contributed by atoms with E-state index in [-0.39, 0.29) is 18.3 Å². The minimum Gasteiger partial charge on any atom is -0.460 e. The predicted octanol–water partition coefficient (Wildman–Crippen LogP) is 5.41. The molecule has 0 saturated carbocycles. The van der Waals surface area contributed by atoms with Gasteiger partial charge in [-0.05, 0) is 49.8 Å². The maximum absolute atomic E-state index is 13.2. The summed E-state index contributed by atoms with van der Waals surface area (Å²) in [4.78, 5) is 25.9. The second-order valence-corrected chi connectivity index (χ2v) is 7.41. The summed E-state index contributed by atoms with van der Waals surface area (Å²) in [7, 11) is 1.17. The molecule has 0 aromatic heterocycles. The van der Waals surface area contributed by atoms with Gasteiger partial charge < -0.3 is 4.74 Å². The molecule has 4 nitrogen and oxygen atoms in total. The van der Waals surface area contributed by atoms with E-state index in [1.165, 1.54) is 9.12 Å². The van der Waals surface area contributed by atoms with Gasteiger partial charge in [-0.3, -0.25) is 9.59 Å². The SMILES string of the molecule is Cc1cc(C)c(C(=O)C(CC(C)C)C(=O)OCc2ccccc2)c(C)c1.O=[PH2+]. The third-order valence-electron chi connectivity index (χ3n) is 4.46. The molecule has 0 saturated heterocycles. The molecule has 5 heteroatoms. The van der Waals surface area contributed by atoms with Gasteiger partial charge in [0, 0.05) is 5.56 Å². The molecule has 0 fully saturated rings. The van der Waals surface area contributed by atoms with Crippen LogP contribution in [0.25, 0.3) is 0 Å². The van der Waals surface area contributed by atoms with Gasteiger partial charge in [-0.2, -0.15) is 0 Å². The van der Waals surface area contributed by atoms with Crippen LogP contribution in [0.1, 0.15) is 52.9 Å². The summed E-state index contributed by atoms with van der Waals surface area (Å²) >= 11 is 0. The van der Waals surface area contributed by atoms with Crippen molar-refractivity contribution in [3.05, 3.63) is 70.3 Å². The standard InChI is InChI=1S/C23H28O3.H2OP/c1-15(2)11-20(23(25)26-14-19-9-7-6-8-10-19)22(24)21-17(4)12-16(3)13-18(21)5;1-2/h6-10,12-13,15,20H,11,14H2,1-5H3;2H2/q;+1. The highest BCUT2D eigenvalue weighted by Crippen LogP contribution is 2.25. The summed E-state index contributed by atoms with van der Waals surface area (Å²) in [5, 5.41) is 0. The number of rotatable bonds is 7. The average molecular weight is 401 g/mol. The molecule has 0 bridgehead atoms. The van der Waals surface area contributed by atoms with Crippen LogP contribution >= 0.6 is 9.12 Å². The Kier molecular flexibility index (Phi) is 9.75. The van der Waals surface area contributed by atoms with E-state index in [0.717, 1.165) is 22.3 Å². The Morgan fingerprint density at radius 3 is 2.00 bits per heavy atom. The second-order valence-electron chi connectivity index (χ2n) is 7.41. The zero-order chi connectivity index (χ0) is 21.3. The van der Waals surface area contributed by atoms with Gasteiger partial charge in [0.15, 0.2) is 5.78 Å². The Morgan fingerprint density at radius 2 is 1.50 bits per heavy atom. The van der Waals surface area contributed by atoms with Crippen LogP contribution in [0.4, 0.5) is 0 Å². The van der Waals surface area contributed by atoms with Gasteiger partial charge >= 0.3 is 15.1 Å². The van der Waals surface area contributed by atoms with Crippen molar-refractivity contribution in [1.82, 2.24) is 0 Å². The van der Waals surface area contributed by atoms with Crippen LogP contribution in [0.5, 0.6) is 0 Å². The monoisotopic (exact) mass is 401 g/mol. The first-order valence-corrected chi connectivity index (χ1v) is 9.83. The minimum atomic E-state index is -0.765. The van der Waals surface area contributed by atoms with Gasteiger partial charge in [-0.15, -0.1) is 0 Å². The van der Waals surface area contributed by atoms with E-state index >= 15 is 0 Å². The number of benzene rings is 2. The van der Waals surface area contributed by atoms with Crippen molar-refractivity contribution in [3.8, 4) is 0 Å². The van der Waals surface area contributed by atoms with Gasteiger partial charge in [0.2, 0.25) is 0 Å². The lowest BCUT2D eigenvalue weighted by Crippen LogP contribution is -2.29. The van der Waals surface area contributed by atoms with E-state index in [1.807, 2.05) is 77.1 Å². The number of aryl methyl sites for hydroxylation is 3. The molecular weight excluding hydrogens is 371 g/mol. The third-order valence-corrected chi connectivity index (χ3v) is 4.46. The molecule has 2 rings (SSSR count). The first-order valence-electron chi connectivity index (χ1n) is 9.35. The highest BCUT2D eigenvalue weighted by molar-refractivity contribution is 7.00. The molecule has 0 aliphatic heterocycles. The van der Waals surface area contributed by atoms with E-state index < -0.39 is 11.9 Å². The maximum atomic E-state index is 13.2. The normalized spacial score (nSPS) is 11.4. The Bertz CT molecular complexity index is 776. The lowest BCUT2D eigenvalue weighted by atomic mass is 9.85. The van der Waals surface area contributed by atoms with E-state index in [1.54, 1.807) is 0 Å². The van der Waals surface area contributed by atoms with Crippen molar-refractivity contribution in [2.45, 2.75) is 47.6 Å². The lowest BCUT2D eigenvalue weighted by Gasteiger charge is -2.19. The molecule has 0 aliphatic carbocycles. The maximum Gasteiger partial charge on any atom is 0.317 e. The van der Waals surface area contributed by atoms with Crippen molar-refractivity contribution in [1.29, 1.82) is 0 Å². The zero-order valence-electron chi connectivity index (χ0n) is 17.3. The van der Waals surface area contributed by atoms with E-state index in [2.05, 4.69) is 0 Å². The molecule has 0 heterocycles. The quantitative estimate of drug-likeness (QED) is 0.269. The molecule has 2 unspecified atom stereocenters. The average Bonchev–Trinajstić information content (AvgIpc) is 2.65. The predicted molar refractivity (Wildman–Crippen MR) is 115 cm³/mol. The van der Waals surface area contributed by atoms with E-state index in [4.69, 9.17) is 9.30 Å². The highest BCUT2D eigenvalue weighted by Gasteiger charge is 2.31. The summed E-state index contributed by atoms with van der Waals surface area (Å²) in [6, 6.07) is 13.5. The minimum absolute atomic E-state index is 0.133. The second kappa shape index (κ2) is 11.5. The van der Waals surface area contributed by atoms with Crippen LogP contribution in [0, 0.1) is 32.6 Å². The Balaban J connectivity index is 0.00000190. The number of carbonyl (C=O) groups is 2. The smallest absolute Gasteiger partial charge is 0.317 e. The van der Waals surface area contributed by atoms with Crippen LogP contribution in [-0.4, -0.2) is 11.8 Å². The van der Waals surface area contributed by atoms with Gasteiger partial charge in [0.05, 0.1) is 0 Å². The van der Waals surface area contributed by atoms with Crippen LogP contribution in [0.15, 0.2) is 42.5 Å². The topological polar surface area (TPSA) is 60.4 Å². The Morgan fingerprint density at radius 1 is 0.964 bits per heavy atom.